The maximum atomic E-state index is 13.5. The van der Waals surface area contributed by atoms with Crippen LogP contribution in [0.3, 0.4) is 0 Å². The molecule has 0 spiro atoms. The summed E-state index contributed by atoms with van der Waals surface area (Å²) < 4.78 is 26.1. The Kier molecular flexibility index (Phi) is 8.54. The summed E-state index contributed by atoms with van der Waals surface area (Å²) in [7, 11) is -3.82. The van der Waals surface area contributed by atoms with Crippen LogP contribution in [0.1, 0.15) is 38.8 Å². The molecular weight excluding hydrogens is 462 g/mol. The van der Waals surface area contributed by atoms with E-state index in [9.17, 15) is 18.0 Å². The van der Waals surface area contributed by atoms with Gasteiger partial charge in [0.25, 0.3) is 0 Å². The fourth-order valence-electron chi connectivity index (χ4n) is 3.28. The van der Waals surface area contributed by atoms with Crippen LogP contribution in [0.15, 0.2) is 48.5 Å². The van der Waals surface area contributed by atoms with Gasteiger partial charge in [0.15, 0.2) is 0 Å². The number of carbonyl (C=O) groups is 2. The van der Waals surface area contributed by atoms with E-state index in [1.165, 1.54) is 11.0 Å². The molecule has 0 saturated heterocycles. The van der Waals surface area contributed by atoms with Crippen molar-refractivity contribution in [1.29, 1.82) is 0 Å². The van der Waals surface area contributed by atoms with Gasteiger partial charge in [-0.3, -0.25) is 13.9 Å². The van der Waals surface area contributed by atoms with Crippen molar-refractivity contribution in [2.75, 3.05) is 17.1 Å². The molecule has 0 unspecified atom stereocenters. The van der Waals surface area contributed by atoms with Gasteiger partial charge in [-0.2, -0.15) is 0 Å². The summed E-state index contributed by atoms with van der Waals surface area (Å²) in [6.45, 7) is 8.80. The Morgan fingerprint density at radius 1 is 1.06 bits per heavy atom. The number of amides is 2. The van der Waals surface area contributed by atoms with Crippen LogP contribution in [0.2, 0.25) is 5.02 Å². The number of rotatable bonds is 8. The van der Waals surface area contributed by atoms with Gasteiger partial charge in [0.2, 0.25) is 21.8 Å². The van der Waals surface area contributed by atoms with Crippen LogP contribution in [-0.4, -0.2) is 49.5 Å². The number of anilines is 1. The van der Waals surface area contributed by atoms with Gasteiger partial charge in [-0.15, -0.1) is 0 Å². The predicted molar refractivity (Wildman–Crippen MR) is 133 cm³/mol. The lowest BCUT2D eigenvalue weighted by atomic mass is 10.1. The second-order valence-electron chi connectivity index (χ2n) is 9.08. The Morgan fingerprint density at radius 3 is 2.18 bits per heavy atom. The highest BCUT2D eigenvalue weighted by Gasteiger charge is 2.32. The zero-order valence-electron chi connectivity index (χ0n) is 19.9. The lowest BCUT2D eigenvalue weighted by Crippen LogP contribution is -2.54. The first-order valence-corrected chi connectivity index (χ1v) is 12.8. The Labute approximate surface area is 201 Å². The molecule has 2 rings (SSSR count). The van der Waals surface area contributed by atoms with Crippen molar-refractivity contribution >= 4 is 39.1 Å². The van der Waals surface area contributed by atoms with Crippen molar-refractivity contribution in [2.24, 2.45) is 0 Å². The molecule has 0 saturated carbocycles. The molecule has 2 aromatic rings. The van der Waals surface area contributed by atoms with Gasteiger partial charge in [-0.1, -0.05) is 48.0 Å². The van der Waals surface area contributed by atoms with Crippen molar-refractivity contribution < 1.29 is 18.0 Å². The topological polar surface area (TPSA) is 86.8 Å². The van der Waals surface area contributed by atoms with E-state index < -0.39 is 34.1 Å². The zero-order valence-corrected chi connectivity index (χ0v) is 21.5. The Balaban J connectivity index is 2.43. The quantitative estimate of drug-likeness (QED) is 0.606. The molecule has 2 aromatic carbocycles. The van der Waals surface area contributed by atoms with Gasteiger partial charge in [0.05, 0.1) is 17.0 Å². The molecule has 0 aromatic heterocycles. The molecule has 0 heterocycles. The molecule has 0 bridgehead atoms. The van der Waals surface area contributed by atoms with Gasteiger partial charge in [0, 0.05) is 12.1 Å². The summed E-state index contributed by atoms with van der Waals surface area (Å²) in [4.78, 5) is 27.8. The minimum Gasteiger partial charge on any atom is -0.350 e. The first-order chi connectivity index (χ1) is 15.2. The van der Waals surface area contributed by atoms with E-state index in [4.69, 9.17) is 11.6 Å². The van der Waals surface area contributed by atoms with Crippen LogP contribution in [0.5, 0.6) is 0 Å². The lowest BCUT2D eigenvalue weighted by molar-refractivity contribution is -0.140. The highest BCUT2D eigenvalue weighted by molar-refractivity contribution is 7.92. The van der Waals surface area contributed by atoms with E-state index in [-0.39, 0.29) is 23.2 Å². The van der Waals surface area contributed by atoms with Gasteiger partial charge < -0.3 is 10.2 Å². The maximum Gasteiger partial charge on any atom is 0.244 e. The number of halogens is 1. The summed E-state index contributed by atoms with van der Waals surface area (Å²) >= 11 is 6.23. The summed E-state index contributed by atoms with van der Waals surface area (Å²) in [5.74, 6) is -0.840. The predicted octanol–water partition coefficient (Wildman–Crippen LogP) is 3.75. The van der Waals surface area contributed by atoms with Gasteiger partial charge >= 0.3 is 0 Å². The second-order valence-corrected chi connectivity index (χ2v) is 11.4. The molecule has 180 valence electrons. The first kappa shape index (κ1) is 26.7. The number of benzene rings is 2. The highest BCUT2D eigenvalue weighted by atomic mass is 35.5. The minimum atomic E-state index is -3.82. The Hall–Kier alpha value is -2.58. The number of nitrogens with zero attached hydrogens (tertiary/aromatic N) is 2. The molecule has 2 amide bonds. The van der Waals surface area contributed by atoms with E-state index in [0.717, 1.165) is 21.7 Å². The summed E-state index contributed by atoms with van der Waals surface area (Å²) in [6.07, 6.45) is 1.02. The van der Waals surface area contributed by atoms with Crippen molar-refractivity contribution in [2.45, 2.75) is 52.7 Å². The summed E-state index contributed by atoms with van der Waals surface area (Å²) in [5, 5.41) is 3.10. The van der Waals surface area contributed by atoms with Gasteiger partial charge in [-0.05, 0) is 57.9 Å². The molecule has 0 aliphatic carbocycles. The molecule has 0 aliphatic rings. The number of hydrogen-bond donors (Lipinski definition) is 1. The first-order valence-electron chi connectivity index (χ1n) is 10.6. The Morgan fingerprint density at radius 2 is 1.64 bits per heavy atom. The van der Waals surface area contributed by atoms with Crippen LogP contribution in [0.4, 0.5) is 5.69 Å². The number of sulfonamides is 1. The van der Waals surface area contributed by atoms with E-state index in [0.29, 0.717) is 0 Å². The van der Waals surface area contributed by atoms with Crippen molar-refractivity contribution in [3.05, 3.63) is 64.7 Å². The van der Waals surface area contributed by atoms with Crippen molar-refractivity contribution in [3.8, 4) is 0 Å². The number of para-hydroxylation sites is 1. The van der Waals surface area contributed by atoms with E-state index in [1.807, 2.05) is 52.0 Å². The van der Waals surface area contributed by atoms with E-state index >= 15 is 0 Å². The second kappa shape index (κ2) is 10.6. The maximum absolute atomic E-state index is 13.5. The van der Waals surface area contributed by atoms with Crippen molar-refractivity contribution in [1.82, 2.24) is 10.2 Å². The fraction of sp³-hybridized carbons (Fsp3) is 0.417. The van der Waals surface area contributed by atoms with Crippen LogP contribution in [-0.2, 0) is 26.2 Å². The highest BCUT2D eigenvalue weighted by Crippen LogP contribution is 2.27. The number of aryl methyl sites for hydroxylation is 1. The standard InChI is InChI=1S/C24H32ClN3O4S/c1-17-11-7-8-12-19(17)15-27(18(2)23(30)26-24(3,4)5)22(29)16-28(33(6,31)32)21-14-10-9-13-20(21)25/h7-14,18H,15-16H2,1-6H3,(H,26,30)/t18-/m1/s1. The summed E-state index contributed by atoms with van der Waals surface area (Å²) in [5.41, 5.74) is 1.55. The fourth-order valence-corrected chi connectivity index (χ4v) is 4.43. The van der Waals surface area contributed by atoms with Gasteiger partial charge in [0.1, 0.15) is 12.6 Å². The van der Waals surface area contributed by atoms with Crippen LogP contribution in [0.25, 0.3) is 0 Å². The molecule has 0 radical (unpaired) electrons. The molecular formula is C24H32ClN3O4S. The molecule has 0 aliphatic heterocycles. The average molecular weight is 494 g/mol. The van der Waals surface area contributed by atoms with Crippen LogP contribution < -0.4 is 9.62 Å². The number of nitrogens with one attached hydrogen (secondary N) is 1. The molecule has 0 fully saturated rings. The third-order valence-electron chi connectivity index (χ3n) is 5.07. The molecule has 33 heavy (non-hydrogen) atoms. The normalized spacial score (nSPS) is 12.7. The largest absolute Gasteiger partial charge is 0.350 e. The number of carbonyl (C=O) groups excluding carboxylic acids is 2. The monoisotopic (exact) mass is 493 g/mol. The molecule has 7 nitrogen and oxygen atoms in total. The van der Waals surface area contributed by atoms with Gasteiger partial charge in [-0.25, -0.2) is 8.42 Å². The average Bonchev–Trinajstić information content (AvgIpc) is 2.69. The third kappa shape index (κ3) is 7.47. The minimum absolute atomic E-state index is 0.157. The van der Waals surface area contributed by atoms with Crippen LogP contribution >= 0.6 is 11.6 Å². The van der Waals surface area contributed by atoms with Crippen molar-refractivity contribution in [3.63, 3.8) is 0 Å². The third-order valence-corrected chi connectivity index (χ3v) is 6.51. The SMILES string of the molecule is Cc1ccccc1CN(C(=O)CN(c1ccccc1Cl)S(C)(=O)=O)[C@H](C)C(=O)NC(C)(C)C. The molecule has 1 N–H and O–H groups in total. The number of hydrogen-bond acceptors (Lipinski definition) is 4. The zero-order chi connectivity index (χ0) is 25.0. The molecule has 9 heteroatoms. The Bertz CT molecular complexity index is 1110. The van der Waals surface area contributed by atoms with E-state index in [2.05, 4.69) is 5.32 Å². The smallest absolute Gasteiger partial charge is 0.244 e. The molecule has 1 atom stereocenters. The van der Waals surface area contributed by atoms with Crippen LogP contribution in [0, 0.1) is 6.92 Å². The lowest BCUT2D eigenvalue weighted by Gasteiger charge is -2.33. The van der Waals surface area contributed by atoms with E-state index in [1.54, 1.807) is 25.1 Å². The summed E-state index contributed by atoms with van der Waals surface area (Å²) in [6, 6.07) is 13.1.